The van der Waals surface area contributed by atoms with Gasteiger partial charge in [0.2, 0.25) is 11.8 Å². The van der Waals surface area contributed by atoms with E-state index >= 15 is 0 Å². The Morgan fingerprint density at radius 3 is 2.82 bits per heavy atom. The zero-order chi connectivity index (χ0) is 27.4. The molecular weight excluding hydrogens is 492 g/mol. The number of carbonyl (C=O) groups excluding carboxylic acids is 1. The summed E-state index contributed by atoms with van der Waals surface area (Å²) in [4.78, 5) is 27.0. The van der Waals surface area contributed by atoms with Crippen LogP contribution in [0.2, 0.25) is 0 Å². The van der Waals surface area contributed by atoms with Gasteiger partial charge in [0.1, 0.15) is 24.2 Å². The van der Waals surface area contributed by atoms with Crippen LogP contribution in [0.1, 0.15) is 23.1 Å². The maximum atomic E-state index is 12.2. The molecule has 0 fully saturated rings. The van der Waals surface area contributed by atoms with E-state index in [1.54, 1.807) is 35.1 Å². The predicted molar refractivity (Wildman–Crippen MR) is 153 cm³/mol. The molecule has 196 valence electrons. The van der Waals surface area contributed by atoms with Crippen molar-refractivity contribution >= 4 is 41.1 Å². The molecule has 2 aromatic carbocycles. The molecule has 0 spiro atoms. The first-order chi connectivity index (χ1) is 19.0. The molecule has 0 bridgehead atoms. The minimum absolute atomic E-state index is 0.0691. The fraction of sp³-hybridized carbons (Fsp3) is 0.172. The third-order valence-electron chi connectivity index (χ3n) is 6.47. The number of rotatable bonds is 7. The summed E-state index contributed by atoms with van der Waals surface area (Å²) >= 11 is 0. The Morgan fingerprint density at radius 2 is 2.05 bits per heavy atom. The number of hydrogen-bond acceptors (Lipinski definition) is 7. The van der Waals surface area contributed by atoms with Crippen LogP contribution in [-0.2, 0) is 4.79 Å². The van der Waals surface area contributed by atoms with Gasteiger partial charge in [-0.2, -0.15) is 0 Å². The molecular formula is C29H28N8O2. The number of benzene rings is 2. The number of ether oxygens (including phenoxy) is 1. The Bertz CT molecular complexity index is 1640. The zero-order valence-electron chi connectivity index (χ0n) is 21.8. The van der Waals surface area contributed by atoms with Crippen molar-refractivity contribution in [1.82, 2.24) is 24.5 Å². The second-order valence-corrected chi connectivity index (χ2v) is 8.98. The van der Waals surface area contributed by atoms with Crippen LogP contribution < -0.4 is 10.1 Å². The van der Waals surface area contributed by atoms with Gasteiger partial charge in [-0.25, -0.2) is 4.98 Å². The van der Waals surface area contributed by atoms with E-state index in [0.29, 0.717) is 41.9 Å². The smallest absolute Gasteiger partial charge is 0.246 e. The summed E-state index contributed by atoms with van der Waals surface area (Å²) < 4.78 is 7.71. The van der Waals surface area contributed by atoms with E-state index in [1.165, 1.54) is 6.08 Å². The predicted octanol–water partition coefficient (Wildman–Crippen LogP) is 4.85. The van der Waals surface area contributed by atoms with Crippen molar-refractivity contribution in [2.45, 2.75) is 13.3 Å². The largest absolute Gasteiger partial charge is 0.439 e. The van der Waals surface area contributed by atoms with Crippen LogP contribution in [0.25, 0.3) is 11.2 Å². The summed E-state index contributed by atoms with van der Waals surface area (Å²) in [5, 5.41) is 11.3. The first-order valence-corrected chi connectivity index (χ1v) is 12.4. The van der Waals surface area contributed by atoms with Crippen molar-refractivity contribution in [3.63, 3.8) is 0 Å². The summed E-state index contributed by atoms with van der Waals surface area (Å²) in [7, 11) is 1.73. The maximum Gasteiger partial charge on any atom is 0.246 e. The lowest BCUT2D eigenvalue weighted by Crippen LogP contribution is -2.34. The van der Waals surface area contributed by atoms with Gasteiger partial charge in [0.25, 0.3) is 0 Å². The number of anilines is 1. The van der Waals surface area contributed by atoms with Crippen LogP contribution in [0.15, 0.2) is 83.8 Å². The van der Waals surface area contributed by atoms with Crippen LogP contribution in [0, 0.1) is 6.92 Å². The molecule has 1 aliphatic heterocycles. The standard InChI is InChI=1S/C29H28N8O2/c1-5-28(38)36-12-6-7-21(16-36)20-8-10-24(30-3)23(14-20)29(31-4)34-22-9-11-25(19(2)13-22)39-27-15-26-35-33-18-37(26)17-32-27/h5,7-11,13-15,17-18H,1,3,6,12,16H2,2,4H3,(H,31,34). The molecule has 1 aliphatic rings. The van der Waals surface area contributed by atoms with Gasteiger partial charge in [-0.1, -0.05) is 18.7 Å². The van der Waals surface area contributed by atoms with Gasteiger partial charge in [0.05, 0.1) is 5.69 Å². The van der Waals surface area contributed by atoms with Crippen molar-refractivity contribution in [2.24, 2.45) is 9.98 Å². The topological polar surface area (TPSA) is 109 Å². The lowest BCUT2D eigenvalue weighted by Gasteiger charge is -2.27. The molecule has 0 saturated carbocycles. The van der Waals surface area contributed by atoms with Crippen molar-refractivity contribution in [3.8, 4) is 11.6 Å². The Balaban J connectivity index is 1.37. The number of aromatic nitrogens is 4. The normalized spacial score (nSPS) is 13.6. The monoisotopic (exact) mass is 520 g/mol. The molecule has 3 heterocycles. The molecule has 10 heteroatoms. The minimum atomic E-state index is -0.0691. The molecule has 2 aromatic heterocycles. The summed E-state index contributed by atoms with van der Waals surface area (Å²) in [6, 6.07) is 13.4. The number of carbonyl (C=O) groups is 1. The lowest BCUT2D eigenvalue weighted by molar-refractivity contribution is -0.125. The number of aliphatic imine (C=N–C) groups is 2. The molecule has 0 saturated heterocycles. The van der Waals surface area contributed by atoms with Gasteiger partial charge in [0.15, 0.2) is 5.65 Å². The molecule has 1 N–H and O–H groups in total. The van der Waals surface area contributed by atoms with Crippen molar-refractivity contribution < 1.29 is 9.53 Å². The van der Waals surface area contributed by atoms with Crippen LogP contribution in [0.4, 0.5) is 11.4 Å². The summed E-state index contributed by atoms with van der Waals surface area (Å²) in [5.41, 5.74) is 5.97. The molecule has 10 nitrogen and oxygen atoms in total. The number of nitrogens with one attached hydrogen (secondary N) is 1. The Kier molecular flexibility index (Phi) is 7.26. The number of nitrogens with zero attached hydrogens (tertiary/aromatic N) is 7. The van der Waals surface area contributed by atoms with Gasteiger partial charge in [-0.05, 0) is 73.2 Å². The maximum absolute atomic E-state index is 12.2. The van der Waals surface area contributed by atoms with Crippen LogP contribution in [0.3, 0.4) is 0 Å². The van der Waals surface area contributed by atoms with Crippen LogP contribution >= 0.6 is 0 Å². The first-order valence-electron chi connectivity index (χ1n) is 12.4. The average Bonchev–Trinajstić information content (AvgIpc) is 3.44. The fourth-order valence-corrected chi connectivity index (χ4v) is 4.43. The van der Waals surface area contributed by atoms with Crippen molar-refractivity contribution in [1.29, 1.82) is 0 Å². The summed E-state index contributed by atoms with van der Waals surface area (Å²) in [5.74, 6) is 1.67. The van der Waals surface area contributed by atoms with E-state index < -0.39 is 0 Å². The average molecular weight is 521 g/mol. The summed E-state index contributed by atoms with van der Waals surface area (Å²) in [6.07, 6.45) is 7.50. The molecule has 0 radical (unpaired) electrons. The number of aryl methyl sites for hydroxylation is 1. The highest BCUT2D eigenvalue weighted by molar-refractivity contribution is 6.12. The Labute approximate surface area is 226 Å². The van der Waals surface area contributed by atoms with E-state index in [2.05, 4.69) is 49.9 Å². The number of amidine groups is 1. The van der Waals surface area contributed by atoms with E-state index in [-0.39, 0.29) is 5.91 Å². The molecule has 0 aliphatic carbocycles. The summed E-state index contributed by atoms with van der Waals surface area (Å²) in [6.45, 7) is 10.5. The Hall–Kier alpha value is -5.12. The Morgan fingerprint density at radius 1 is 1.18 bits per heavy atom. The lowest BCUT2D eigenvalue weighted by atomic mass is 9.97. The van der Waals surface area contributed by atoms with Gasteiger partial charge in [0, 0.05) is 37.5 Å². The highest BCUT2D eigenvalue weighted by Gasteiger charge is 2.19. The van der Waals surface area contributed by atoms with E-state index in [1.807, 2.05) is 43.3 Å². The minimum Gasteiger partial charge on any atom is -0.439 e. The molecule has 39 heavy (non-hydrogen) atoms. The quantitative estimate of drug-likeness (QED) is 0.212. The van der Waals surface area contributed by atoms with Gasteiger partial charge >= 0.3 is 0 Å². The van der Waals surface area contributed by atoms with Crippen molar-refractivity contribution in [2.75, 3.05) is 25.5 Å². The number of hydrogen-bond donors (Lipinski definition) is 1. The van der Waals surface area contributed by atoms with Gasteiger partial charge < -0.3 is 15.0 Å². The third kappa shape index (κ3) is 5.45. The fourth-order valence-electron chi connectivity index (χ4n) is 4.43. The van der Waals surface area contributed by atoms with Crippen LogP contribution in [-0.4, -0.2) is 63.1 Å². The number of fused-ring (bicyclic) bond motifs is 1. The van der Waals surface area contributed by atoms with E-state index in [0.717, 1.165) is 34.4 Å². The van der Waals surface area contributed by atoms with Gasteiger partial charge in [-0.3, -0.25) is 19.2 Å². The van der Waals surface area contributed by atoms with Gasteiger partial charge in [-0.15, -0.1) is 10.2 Å². The molecule has 5 rings (SSSR count). The van der Waals surface area contributed by atoms with E-state index in [4.69, 9.17) is 4.74 Å². The number of amides is 1. The highest BCUT2D eigenvalue weighted by atomic mass is 16.5. The molecule has 0 unspecified atom stereocenters. The molecule has 1 amide bonds. The second kappa shape index (κ2) is 11.1. The third-order valence-corrected chi connectivity index (χ3v) is 6.47. The van der Waals surface area contributed by atoms with E-state index in [9.17, 15) is 4.79 Å². The SMILES string of the molecule is C=CC(=O)N1CCC=C(c2ccc(N=C)c(/C(=N\C)Nc3ccc(Oc4cc5nncn5cn4)c(C)c3)c2)C1. The molecule has 4 aromatic rings. The molecule has 0 atom stereocenters. The second-order valence-electron chi connectivity index (χ2n) is 8.98. The van der Waals surface area contributed by atoms with Crippen molar-refractivity contribution in [3.05, 3.63) is 90.5 Å². The van der Waals surface area contributed by atoms with Crippen LogP contribution in [0.5, 0.6) is 11.6 Å². The zero-order valence-corrected chi connectivity index (χ0v) is 21.8. The first kappa shape index (κ1) is 25.5. The highest BCUT2D eigenvalue weighted by Crippen LogP contribution is 2.30.